The molecule has 0 aliphatic carbocycles. The van der Waals surface area contributed by atoms with Gasteiger partial charge in [-0.2, -0.15) is 0 Å². The van der Waals surface area contributed by atoms with E-state index in [0.29, 0.717) is 19.4 Å². The molecular formula is C65H112O5. The van der Waals surface area contributed by atoms with Crippen LogP contribution in [0.2, 0.25) is 0 Å². The second kappa shape index (κ2) is 60.1. The summed E-state index contributed by atoms with van der Waals surface area (Å²) in [5.74, 6) is -0.427. The monoisotopic (exact) mass is 973 g/mol. The Bertz CT molecular complexity index is 1330. The predicted octanol–water partition coefficient (Wildman–Crippen LogP) is 20.6. The topological polar surface area (TPSA) is 61.8 Å². The average Bonchev–Trinajstić information content (AvgIpc) is 3.36. The zero-order valence-electron chi connectivity index (χ0n) is 46.3. The second-order valence-electron chi connectivity index (χ2n) is 19.5. The molecule has 402 valence electrons. The highest BCUT2D eigenvalue weighted by Gasteiger charge is 2.17. The van der Waals surface area contributed by atoms with E-state index in [2.05, 4.69) is 118 Å². The maximum Gasteiger partial charge on any atom is 0.306 e. The van der Waals surface area contributed by atoms with E-state index in [4.69, 9.17) is 14.2 Å². The first-order chi connectivity index (χ1) is 34.6. The van der Waals surface area contributed by atoms with Crippen LogP contribution in [0.3, 0.4) is 0 Å². The highest BCUT2D eigenvalue weighted by atomic mass is 16.6. The van der Waals surface area contributed by atoms with Crippen LogP contribution in [0.15, 0.2) is 97.2 Å². The number of esters is 2. The van der Waals surface area contributed by atoms with Gasteiger partial charge in [-0.25, -0.2) is 0 Å². The molecule has 0 heterocycles. The maximum atomic E-state index is 12.9. The van der Waals surface area contributed by atoms with Crippen LogP contribution in [0.5, 0.6) is 0 Å². The molecule has 0 aliphatic heterocycles. The van der Waals surface area contributed by atoms with Crippen LogP contribution in [0, 0.1) is 0 Å². The van der Waals surface area contributed by atoms with E-state index in [1.54, 1.807) is 0 Å². The summed E-state index contributed by atoms with van der Waals surface area (Å²) in [4.78, 5) is 25.6. The molecule has 1 unspecified atom stereocenters. The van der Waals surface area contributed by atoms with Crippen LogP contribution in [0.25, 0.3) is 0 Å². The number of hydrogen-bond acceptors (Lipinski definition) is 5. The van der Waals surface area contributed by atoms with Gasteiger partial charge in [0.15, 0.2) is 6.10 Å². The van der Waals surface area contributed by atoms with Gasteiger partial charge in [-0.3, -0.25) is 9.59 Å². The van der Waals surface area contributed by atoms with Gasteiger partial charge in [0.05, 0.1) is 6.61 Å². The lowest BCUT2D eigenvalue weighted by molar-refractivity contribution is -0.163. The van der Waals surface area contributed by atoms with Crippen LogP contribution in [0.1, 0.15) is 278 Å². The van der Waals surface area contributed by atoms with Crippen molar-refractivity contribution in [3.63, 3.8) is 0 Å². The van der Waals surface area contributed by atoms with Gasteiger partial charge in [-0.05, 0) is 122 Å². The molecule has 0 aliphatic rings. The largest absolute Gasteiger partial charge is 0.462 e. The first-order valence-electron chi connectivity index (χ1n) is 29.8. The van der Waals surface area contributed by atoms with Gasteiger partial charge < -0.3 is 14.2 Å². The summed E-state index contributed by atoms with van der Waals surface area (Å²) in [5, 5.41) is 0. The Hall–Kier alpha value is -3.18. The molecule has 70 heavy (non-hydrogen) atoms. The third kappa shape index (κ3) is 57.4. The Morgan fingerprint density at radius 3 is 1.07 bits per heavy atom. The van der Waals surface area contributed by atoms with Gasteiger partial charge in [-0.15, -0.1) is 0 Å². The van der Waals surface area contributed by atoms with Crippen LogP contribution < -0.4 is 0 Å². The summed E-state index contributed by atoms with van der Waals surface area (Å²) in [6.45, 7) is 7.66. The van der Waals surface area contributed by atoms with E-state index < -0.39 is 6.10 Å². The molecule has 5 heteroatoms. The molecule has 0 aromatic rings. The first kappa shape index (κ1) is 66.8. The summed E-state index contributed by atoms with van der Waals surface area (Å²) in [6, 6.07) is 0. The predicted molar refractivity (Wildman–Crippen MR) is 306 cm³/mol. The number of unbranched alkanes of at least 4 members (excludes halogenated alkanes) is 27. The second-order valence-corrected chi connectivity index (χ2v) is 19.5. The summed E-state index contributed by atoms with van der Waals surface area (Å²) < 4.78 is 17.5. The normalized spacial score (nSPS) is 12.9. The number of carbonyl (C=O) groups is 2. The van der Waals surface area contributed by atoms with Crippen LogP contribution in [-0.2, 0) is 23.8 Å². The van der Waals surface area contributed by atoms with Crippen molar-refractivity contribution in [2.75, 3.05) is 19.8 Å². The minimum absolute atomic E-state index is 0.0660. The van der Waals surface area contributed by atoms with Crippen molar-refractivity contribution in [3.8, 4) is 0 Å². The van der Waals surface area contributed by atoms with Crippen LogP contribution in [-0.4, -0.2) is 37.9 Å². The van der Waals surface area contributed by atoms with Gasteiger partial charge in [0.2, 0.25) is 0 Å². The molecule has 0 rings (SSSR count). The van der Waals surface area contributed by atoms with Crippen molar-refractivity contribution >= 4 is 11.9 Å². The summed E-state index contributed by atoms with van der Waals surface area (Å²) in [6.07, 6.45) is 81.4. The van der Waals surface area contributed by atoms with E-state index in [9.17, 15) is 9.59 Å². The van der Waals surface area contributed by atoms with E-state index in [0.717, 1.165) is 103 Å². The Morgan fingerprint density at radius 1 is 0.329 bits per heavy atom. The smallest absolute Gasteiger partial charge is 0.306 e. The fourth-order valence-corrected chi connectivity index (χ4v) is 8.15. The molecule has 0 N–H and O–H groups in total. The summed E-state index contributed by atoms with van der Waals surface area (Å²) in [7, 11) is 0. The highest BCUT2D eigenvalue weighted by Crippen LogP contribution is 2.14. The molecule has 0 amide bonds. The fourth-order valence-electron chi connectivity index (χ4n) is 8.15. The number of rotatable bonds is 54. The molecule has 1 atom stereocenters. The summed E-state index contributed by atoms with van der Waals surface area (Å²) >= 11 is 0. The third-order valence-electron chi connectivity index (χ3n) is 12.6. The lowest BCUT2D eigenvalue weighted by Gasteiger charge is -2.18. The average molecular weight is 974 g/mol. The minimum atomic E-state index is -0.559. The third-order valence-corrected chi connectivity index (χ3v) is 12.6. The maximum absolute atomic E-state index is 12.9. The number of ether oxygens (including phenoxy) is 3. The Kier molecular flexibility index (Phi) is 57.4. The van der Waals surface area contributed by atoms with Crippen molar-refractivity contribution in [3.05, 3.63) is 97.2 Å². The number of carbonyl (C=O) groups excluding carboxylic acids is 2. The van der Waals surface area contributed by atoms with Crippen molar-refractivity contribution in [2.45, 2.75) is 284 Å². The van der Waals surface area contributed by atoms with Gasteiger partial charge in [0.1, 0.15) is 6.61 Å². The van der Waals surface area contributed by atoms with Crippen molar-refractivity contribution < 1.29 is 23.8 Å². The SMILES string of the molecule is CC/C=C\C/C=C\C/C=C\C/C=C\CCCCCCCCC(=O)OCC(COCCCCCCCC/C=C\CCCCCCCC)OC(=O)CCCCCCCC/C=C\C/C=C\C/C=C\CCCCC. The van der Waals surface area contributed by atoms with Gasteiger partial charge in [0, 0.05) is 19.4 Å². The zero-order valence-corrected chi connectivity index (χ0v) is 46.3. The lowest BCUT2D eigenvalue weighted by atomic mass is 10.1. The van der Waals surface area contributed by atoms with Crippen LogP contribution in [0.4, 0.5) is 0 Å². The molecule has 5 nitrogen and oxygen atoms in total. The molecule has 0 fully saturated rings. The van der Waals surface area contributed by atoms with E-state index in [-0.39, 0.29) is 25.2 Å². The summed E-state index contributed by atoms with van der Waals surface area (Å²) in [5.41, 5.74) is 0. The fraction of sp³-hybridized carbons (Fsp3) is 0.723. The number of hydrogen-bond donors (Lipinski definition) is 0. The van der Waals surface area contributed by atoms with Crippen molar-refractivity contribution in [1.29, 1.82) is 0 Å². The molecule has 0 saturated heterocycles. The Morgan fingerprint density at radius 2 is 0.643 bits per heavy atom. The van der Waals surface area contributed by atoms with Gasteiger partial charge >= 0.3 is 11.9 Å². The van der Waals surface area contributed by atoms with E-state index in [1.807, 2.05) is 0 Å². The lowest BCUT2D eigenvalue weighted by Crippen LogP contribution is -2.30. The Labute approximate surface area is 434 Å². The molecule has 0 radical (unpaired) electrons. The van der Waals surface area contributed by atoms with Crippen molar-refractivity contribution in [1.82, 2.24) is 0 Å². The van der Waals surface area contributed by atoms with E-state index >= 15 is 0 Å². The molecule has 0 aromatic carbocycles. The Balaban J connectivity index is 4.35. The highest BCUT2D eigenvalue weighted by molar-refractivity contribution is 5.70. The minimum Gasteiger partial charge on any atom is -0.462 e. The van der Waals surface area contributed by atoms with E-state index in [1.165, 1.54) is 141 Å². The molecular weight excluding hydrogens is 861 g/mol. The standard InChI is InChI=1S/C65H112O5/c1-4-7-10-13-16-19-22-25-28-31-33-35-37-40-43-46-49-52-55-58-64(66)69-62-63(61-68-60-57-54-51-48-45-42-39-30-27-24-21-18-15-12-9-6-3)70-65(67)59-56-53-50-47-44-41-38-36-34-32-29-26-23-20-17-14-11-8-5-2/h7,10,16-17,19-20,25-30,33-36,63H,4-6,8-9,11-15,18,21-24,31-32,37-62H2,1-3H3/b10-7-,19-16-,20-17-,28-25-,29-26-,30-27-,35-33-,36-34-. The number of allylic oxidation sites excluding steroid dienone is 16. The van der Waals surface area contributed by atoms with Gasteiger partial charge in [0.25, 0.3) is 0 Å². The molecule has 0 spiro atoms. The van der Waals surface area contributed by atoms with Crippen molar-refractivity contribution in [2.24, 2.45) is 0 Å². The molecule has 0 aromatic heterocycles. The molecule has 0 bridgehead atoms. The quantitative estimate of drug-likeness (QED) is 0.0345. The van der Waals surface area contributed by atoms with Crippen LogP contribution >= 0.6 is 0 Å². The molecule has 0 saturated carbocycles. The zero-order chi connectivity index (χ0) is 50.6. The first-order valence-corrected chi connectivity index (χ1v) is 29.8. The van der Waals surface area contributed by atoms with Gasteiger partial charge in [-0.1, -0.05) is 240 Å².